The van der Waals surface area contributed by atoms with Gasteiger partial charge in [0.2, 0.25) is 0 Å². The zero-order valence-electron chi connectivity index (χ0n) is 9.61. The summed E-state index contributed by atoms with van der Waals surface area (Å²) in [7, 11) is 0. The summed E-state index contributed by atoms with van der Waals surface area (Å²) in [5.41, 5.74) is 1.94. The summed E-state index contributed by atoms with van der Waals surface area (Å²) >= 11 is 13.2. The highest BCUT2D eigenvalue weighted by molar-refractivity contribution is 8.13. The fourth-order valence-electron chi connectivity index (χ4n) is 1.59. The van der Waals surface area contributed by atoms with E-state index in [1.165, 1.54) is 11.8 Å². The molecule has 0 aliphatic rings. The number of carbonyl (C=O) groups is 1. The molecule has 0 atom stereocenters. The number of halogens is 2. The van der Waals surface area contributed by atoms with E-state index < -0.39 is 0 Å². The number of thioether (sulfide) groups is 1. The first-order chi connectivity index (χ1) is 8.56. The van der Waals surface area contributed by atoms with E-state index in [1.54, 1.807) is 19.1 Å². The van der Waals surface area contributed by atoms with Crippen molar-refractivity contribution in [2.24, 2.45) is 0 Å². The smallest absolute Gasteiger partial charge is 0.190 e. The van der Waals surface area contributed by atoms with Crippen molar-refractivity contribution in [1.82, 2.24) is 0 Å². The van der Waals surface area contributed by atoms with Crippen LogP contribution in [0.15, 0.2) is 47.4 Å². The maximum atomic E-state index is 11.0. The lowest BCUT2D eigenvalue weighted by molar-refractivity contribution is -0.109. The number of benzene rings is 2. The average Bonchev–Trinajstić information content (AvgIpc) is 2.30. The molecule has 0 fully saturated rings. The van der Waals surface area contributed by atoms with Gasteiger partial charge in [0.1, 0.15) is 0 Å². The lowest BCUT2D eigenvalue weighted by Gasteiger charge is -2.06. The van der Waals surface area contributed by atoms with Gasteiger partial charge in [-0.25, -0.2) is 0 Å². The summed E-state index contributed by atoms with van der Waals surface area (Å²) in [5, 5.41) is 1.31. The van der Waals surface area contributed by atoms with Crippen LogP contribution in [0.1, 0.15) is 6.92 Å². The Morgan fingerprint density at radius 1 is 1.06 bits per heavy atom. The summed E-state index contributed by atoms with van der Waals surface area (Å²) in [6, 6.07) is 13.1. The fraction of sp³-hybridized carbons (Fsp3) is 0.0714. The molecule has 0 unspecified atom stereocenters. The topological polar surface area (TPSA) is 17.1 Å². The van der Waals surface area contributed by atoms with Gasteiger partial charge in [-0.3, -0.25) is 4.79 Å². The third kappa shape index (κ3) is 3.29. The highest BCUT2D eigenvalue weighted by atomic mass is 35.5. The Morgan fingerprint density at radius 3 is 2.28 bits per heavy atom. The van der Waals surface area contributed by atoms with E-state index in [2.05, 4.69) is 0 Å². The van der Waals surface area contributed by atoms with Gasteiger partial charge in [-0.2, -0.15) is 0 Å². The first-order valence-corrected chi connectivity index (χ1v) is 6.87. The molecular formula is C14H10Cl2OS. The van der Waals surface area contributed by atoms with E-state index in [0.29, 0.717) is 10.0 Å². The fourth-order valence-corrected chi connectivity index (χ4v) is 2.71. The van der Waals surface area contributed by atoms with Crippen LogP contribution in [0.2, 0.25) is 10.0 Å². The summed E-state index contributed by atoms with van der Waals surface area (Å²) in [6.45, 7) is 1.55. The minimum absolute atomic E-state index is 0.0762. The van der Waals surface area contributed by atoms with Crippen LogP contribution in [0, 0.1) is 0 Å². The third-order valence-corrected chi connectivity index (χ3v) is 3.70. The SMILES string of the molecule is CC(=O)Sc1ccc(-c2ccc(Cl)cc2Cl)cc1. The Labute approximate surface area is 120 Å². The van der Waals surface area contributed by atoms with Gasteiger partial charge >= 0.3 is 0 Å². The van der Waals surface area contributed by atoms with Gasteiger partial charge in [0, 0.05) is 27.4 Å². The normalized spacial score (nSPS) is 10.4. The van der Waals surface area contributed by atoms with Crippen molar-refractivity contribution in [3.63, 3.8) is 0 Å². The predicted octanol–water partition coefficient (Wildman–Crippen LogP) is 5.30. The van der Waals surface area contributed by atoms with Gasteiger partial charge in [0.05, 0.1) is 0 Å². The summed E-state index contributed by atoms with van der Waals surface area (Å²) in [5.74, 6) is 0. The second-order valence-corrected chi connectivity index (χ2v) is 5.84. The van der Waals surface area contributed by atoms with Crippen LogP contribution in [0.5, 0.6) is 0 Å². The van der Waals surface area contributed by atoms with Crippen LogP contribution in [-0.2, 0) is 4.79 Å². The molecule has 18 heavy (non-hydrogen) atoms. The van der Waals surface area contributed by atoms with Gasteiger partial charge in [0.25, 0.3) is 0 Å². The van der Waals surface area contributed by atoms with Gasteiger partial charge in [0.15, 0.2) is 5.12 Å². The van der Waals surface area contributed by atoms with Crippen LogP contribution in [0.3, 0.4) is 0 Å². The highest BCUT2D eigenvalue weighted by Gasteiger charge is 2.05. The van der Waals surface area contributed by atoms with Crippen molar-refractivity contribution in [3.8, 4) is 11.1 Å². The van der Waals surface area contributed by atoms with Crippen molar-refractivity contribution in [3.05, 3.63) is 52.5 Å². The van der Waals surface area contributed by atoms with Gasteiger partial charge in [-0.1, -0.05) is 53.2 Å². The second kappa shape index (κ2) is 5.79. The molecule has 2 aromatic rings. The molecule has 2 rings (SSSR count). The molecule has 0 amide bonds. The number of hydrogen-bond acceptors (Lipinski definition) is 2. The zero-order valence-corrected chi connectivity index (χ0v) is 11.9. The molecule has 0 bridgehead atoms. The molecule has 0 spiro atoms. The molecule has 0 heterocycles. The second-order valence-electron chi connectivity index (χ2n) is 3.74. The van der Waals surface area contributed by atoms with Crippen molar-refractivity contribution in [1.29, 1.82) is 0 Å². The molecule has 0 radical (unpaired) electrons. The molecule has 1 nitrogen and oxygen atoms in total. The van der Waals surface area contributed by atoms with E-state index in [1.807, 2.05) is 30.3 Å². The van der Waals surface area contributed by atoms with Gasteiger partial charge in [-0.05, 0) is 29.8 Å². The molecular weight excluding hydrogens is 287 g/mol. The molecule has 0 saturated carbocycles. The van der Waals surface area contributed by atoms with E-state index in [-0.39, 0.29) is 5.12 Å². The van der Waals surface area contributed by atoms with Crippen LogP contribution < -0.4 is 0 Å². The Morgan fingerprint density at radius 2 is 1.72 bits per heavy atom. The van der Waals surface area contributed by atoms with E-state index >= 15 is 0 Å². The van der Waals surface area contributed by atoms with Crippen LogP contribution >= 0.6 is 35.0 Å². The number of rotatable bonds is 2. The maximum absolute atomic E-state index is 11.0. The molecule has 0 N–H and O–H groups in total. The van der Waals surface area contributed by atoms with Crippen molar-refractivity contribution < 1.29 is 4.79 Å². The lowest BCUT2D eigenvalue weighted by atomic mass is 10.1. The highest BCUT2D eigenvalue weighted by Crippen LogP contribution is 2.31. The lowest BCUT2D eigenvalue weighted by Crippen LogP contribution is -1.83. The van der Waals surface area contributed by atoms with Crippen LogP contribution in [-0.4, -0.2) is 5.12 Å². The Hall–Kier alpha value is -0.960. The van der Waals surface area contributed by atoms with E-state index in [0.717, 1.165) is 16.0 Å². The average molecular weight is 297 g/mol. The summed E-state index contributed by atoms with van der Waals surface area (Å²) in [6.07, 6.45) is 0. The maximum Gasteiger partial charge on any atom is 0.190 e. The molecule has 0 aliphatic heterocycles. The summed E-state index contributed by atoms with van der Waals surface area (Å²) in [4.78, 5) is 11.9. The Bertz CT molecular complexity index is 579. The minimum Gasteiger partial charge on any atom is -0.287 e. The van der Waals surface area contributed by atoms with Crippen LogP contribution in [0.25, 0.3) is 11.1 Å². The van der Waals surface area contributed by atoms with E-state index in [9.17, 15) is 4.79 Å². The Balaban J connectivity index is 2.31. The van der Waals surface area contributed by atoms with Gasteiger partial charge in [-0.15, -0.1) is 0 Å². The molecule has 0 saturated heterocycles. The largest absolute Gasteiger partial charge is 0.287 e. The third-order valence-electron chi connectivity index (χ3n) is 2.36. The molecule has 4 heteroatoms. The molecule has 0 aromatic heterocycles. The summed E-state index contributed by atoms with van der Waals surface area (Å²) < 4.78 is 0. The quantitative estimate of drug-likeness (QED) is 0.700. The van der Waals surface area contributed by atoms with Crippen LogP contribution in [0.4, 0.5) is 0 Å². The number of hydrogen-bond donors (Lipinski definition) is 0. The molecule has 0 aliphatic carbocycles. The monoisotopic (exact) mass is 296 g/mol. The van der Waals surface area contributed by atoms with Crippen molar-refractivity contribution in [2.45, 2.75) is 11.8 Å². The van der Waals surface area contributed by atoms with Gasteiger partial charge < -0.3 is 0 Å². The molecule has 92 valence electrons. The standard InChI is InChI=1S/C14H10Cl2OS/c1-9(17)18-12-5-2-10(3-6-12)13-7-4-11(15)8-14(13)16/h2-8H,1H3. The molecule has 2 aromatic carbocycles. The van der Waals surface area contributed by atoms with Crippen molar-refractivity contribution in [2.75, 3.05) is 0 Å². The first kappa shape index (κ1) is 13.5. The number of carbonyl (C=O) groups excluding carboxylic acids is 1. The predicted molar refractivity (Wildman–Crippen MR) is 78.4 cm³/mol. The first-order valence-electron chi connectivity index (χ1n) is 5.30. The van der Waals surface area contributed by atoms with Crippen molar-refractivity contribution >= 4 is 40.1 Å². The van der Waals surface area contributed by atoms with E-state index in [4.69, 9.17) is 23.2 Å². The zero-order chi connectivity index (χ0) is 13.1. The Kier molecular flexibility index (Phi) is 4.33. The minimum atomic E-state index is 0.0762.